The Labute approximate surface area is 126 Å². The van der Waals surface area contributed by atoms with Gasteiger partial charge in [0.1, 0.15) is 0 Å². The third kappa shape index (κ3) is 5.48. The normalized spacial score (nSPS) is 11.2. The van der Waals surface area contributed by atoms with Gasteiger partial charge in [-0.1, -0.05) is 17.9 Å². The molecule has 1 N–H and O–H groups in total. The number of hydrogen-bond acceptors (Lipinski definition) is 4. The molecule has 0 atom stereocenters. The lowest BCUT2D eigenvalue weighted by molar-refractivity contribution is 0.189. The van der Waals surface area contributed by atoms with Crippen LogP contribution in [0.3, 0.4) is 0 Å². The minimum Gasteiger partial charge on any atom is -0.395 e. The van der Waals surface area contributed by atoms with E-state index in [0.717, 1.165) is 0 Å². The number of ether oxygens (including phenoxy) is 1. The molecule has 0 amide bonds. The maximum absolute atomic E-state index is 12.4. The van der Waals surface area contributed by atoms with Crippen molar-refractivity contribution in [3.8, 4) is 11.8 Å². The van der Waals surface area contributed by atoms with Crippen LogP contribution in [0.2, 0.25) is 0 Å². The van der Waals surface area contributed by atoms with E-state index in [1.165, 1.54) is 4.31 Å². The molecule has 0 aliphatic rings. The molecule has 116 valence electrons. The van der Waals surface area contributed by atoms with Crippen LogP contribution in [0.1, 0.15) is 18.4 Å². The molecule has 0 fully saturated rings. The molecular formula is C15H21NO4S. The molecule has 6 heteroatoms. The highest BCUT2D eigenvalue weighted by Gasteiger charge is 2.20. The summed E-state index contributed by atoms with van der Waals surface area (Å²) in [5.74, 6) is 5.61. The molecule has 1 rings (SSSR count). The van der Waals surface area contributed by atoms with Crippen LogP contribution in [0, 0.1) is 11.8 Å². The predicted octanol–water partition coefficient (Wildman–Crippen LogP) is 1.08. The first-order chi connectivity index (χ1) is 10.0. The largest absolute Gasteiger partial charge is 0.395 e. The summed E-state index contributed by atoms with van der Waals surface area (Å²) in [5.41, 5.74) is 0.620. The molecule has 0 saturated carbocycles. The van der Waals surface area contributed by atoms with Crippen LogP contribution >= 0.6 is 0 Å². The number of hydrogen-bond donors (Lipinski definition) is 1. The van der Waals surface area contributed by atoms with Gasteiger partial charge < -0.3 is 9.84 Å². The average molecular weight is 311 g/mol. The maximum Gasteiger partial charge on any atom is 0.242 e. The number of aliphatic hydroxyl groups is 1. The lowest BCUT2D eigenvalue weighted by Crippen LogP contribution is -2.28. The first kappa shape index (κ1) is 17.7. The highest BCUT2D eigenvalue weighted by Crippen LogP contribution is 2.15. The van der Waals surface area contributed by atoms with Gasteiger partial charge in [-0.3, -0.25) is 0 Å². The zero-order valence-electron chi connectivity index (χ0n) is 12.4. The number of rotatable bonds is 7. The molecule has 1 aromatic carbocycles. The second kappa shape index (κ2) is 8.80. The van der Waals surface area contributed by atoms with Gasteiger partial charge in [0.15, 0.2) is 0 Å². The molecule has 1 aromatic rings. The van der Waals surface area contributed by atoms with E-state index in [4.69, 9.17) is 9.84 Å². The van der Waals surface area contributed by atoms with E-state index in [0.29, 0.717) is 31.6 Å². The van der Waals surface area contributed by atoms with Crippen molar-refractivity contribution in [1.29, 1.82) is 0 Å². The average Bonchev–Trinajstić information content (AvgIpc) is 2.48. The summed E-state index contributed by atoms with van der Waals surface area (Å²) < 4.78 is 31.0. The fourth-order valence-electron chi connectivity index (χ4n) is 1.69. The van der Waals surface area contributed by atoms with Crippen molar-refractivity contribution in [2.75, 3.05) is 33.9 Å². The second-order valence-electron chi connectivity index (χ2n) is 4.48. The van der Waals surface area contributed by atoms with E-state index in [1.54, 1.807) is 38.4 Å². The number of methoxy groups -OCH3 is 1. The molecule has 0 unspecified atom stereocenters. The summed E-state index contributed by atoms with van der Waals surface area (Å²) >= 11 is 0. The molecule has 0 bridgehead atoms. The maximum atomic E-state index is 12.4. The third-order valence-corrected chi connectivity index (χ3v) is 4.69. The van der Waals surface area contributed by atoms with Crippen molar-refractivity contribution in [2.45, 2.75) is 17.7 Å². The molecular weight excluding hydrogens is 290 g/mol. The first-order valence-electron chi connectivity index (χ1n) is 6.67. The van der Waals surface area contributed by atoms with E-state index in [1.807, 2.05) is 0 Å². The van der Waals surface area contributed by atoms with E-state index in [9.17, 15) is 8.42 Å². The summed E-state index contributed by atoms with van der Waals surface area (Å²) in [5, 5.41) is 8.69. The van der Waals surface area contributed by atoms with E-state index in [-0.39, 0.29) is 11.5 Å². The SMILES string of the molecule is COCCCN(C)S(=O)(=O)c1cccc(C#CCCO)c1. The lowest BCUT2D eigenvalue weighted by Gasteiger charge is -2.17. The molecule has 0 aliphatic heterocycles. The molecule has 5 nitrogen and oxygen atoms in total. The number of nitrogens with zero attached hydrogens (tertiary/aromatic N) is 1. The van der Waals surface area contributed by atoms with Crippen LogP contribution in [0.25, 0.3) is 0 Å². The molecule has 0 heterocycles. The van der Waals surface area contributed by atoms with Gasteiger partial charge in [0.05, 0.1) is 11.5 Å². The van der Waals surface area contributed by atoms with Gasteiger partial charge in [-0.05, 0) is 24.6 Å². The first-order valence-corrected chi connectivity index (χ1v) is 8.11. The minimum atomic E-state index is -3.51. The van der Waals surface area contributed by atoms with Crippen LogP contribution < -0.4 is 0 Å². The summed E-state index contributed by atoms with van der Waals surface area (Å²) in [6, 6.07) is 6.51. The second-order valence-corrected chi connectivity index (χ2v) is 6.52. The molecule has 0 radical (unpaired) electrons. The molecule has 21 heavy (non-hydrogen) atoms. The van der Waals surface area contributed by atoms with Crippen LogP contribution in [0.4, 0.5) is 0 Å². The summed E-state index contributed by atoms with van der Waals surface area (Å²) in [4.78, 5) is 0.221. The third-order valence-electron chi connectivity index (χ3n) is 2.83. The van der Waals surface area contributed by atoms with Crippen molar-refractivity contribution < 1.29 is 18.3 Å². The van der Waals surface area contributed by atoms with Gasteiger partial charge in [0.25, 0.3) is 0 Å². The van der Waals surface area contributed by atoms with Gasteiger partial charge >= 0.3 is 0 Å². The van der Waals surface area contributed by atoms with Crippen LogP contribution in [-0.2, 0) is 14.8 Å². The van der Waals surface area contributed by atoms with E-state index >= 15 is 0 Å². The highest BCUT2D eigenvalue weighted by molar-refractivity contribution is 7.89. The van der Waals surface area contributed by atoms with Gasteiger partial charge in [-0.2, -0.15) is 0 Å². The summed E-state index contributed by atoms with van der Waals surface area (Å²) in [6.07, 6.45) is 1.01. The molecule has 0 aliphatic carbocycles. The van der Waals surface area contributed by atoms with Crippen molar-refractivity contribution in [2.24, 2.45) is 0 Å². The van der Waals surface area contributed by atoms with Crippen LogP contribution in [0.5, 0.6) is 0 Å². The van der Waals surface area contributed by atoms with E-state index < -0.39 is 10.0 Å². The molecule has 0 spiro atoms. The van der Waals surface area contributed by atoms with Crippen LogP contribution in [-0.4, -0.2) is 51.7 Å². The topological polar surface area (TPSA) is 66.8 Å². The predicted molar refractivity (Wildman–Crippen MR) is 81.3 cm³/mol. The van der Waals surface area contributed by atoms with Crippen molar-refractivity contribution >= 4 is 10.0 Å². The zero-order valence-corrected chi connectivity index (χ0v) is 13.2. The zero-order chi connectivity index (χ0) is 15.7. The number of aliphatic hydroxyl groups excluding tert-OH is 1. The van der Waals surface area contributed by atoms with Gasteiger partial charge in [-0.15, -0.1) is 0 Å². The summed E-state index contributed by atoms with van der Waals surface area (Å²) in [7, 11) is -0.375. The Bertz CT molecular complexity index is 602. The monoisotopic (exact) mass is 311 g/mol. The van der Waals surface area contributed by atoms with E-state index in [2.05, 4.69) is 11.8 Å². The fourth-order valence-corrected chi connectivity index (χ4v) is 2.94. The van der Waals surface area contributed by atoms with Gasteiger partial charge in [0, 0.05) is 39.3 Å². The number of benzene rings is 1. The lowest BCUT2D eigenvalue weighted by atomic mass is 10.2. The Kier molecular flexibility index (Phi) is 7.40. The molecule has 0 saturated heterocycles. The summed E-state index contributed by atoms with van der Waals surface area (Å²) in [6.45, 7) is 0.913. The van der Waals surface area contributed by atoms with Crippen molar-refractivity contribution in [3.63, 3.8) is 0 Å². The van der Waals surface area contributed by atoms with Gasteiger partial charge in [-0.25, -0.2) is 12.7 Å². The Hall–Kier alpha value is -1.39. The smallest absolute Gasteiger partial charge is 0.242 e. The quantitative estimate of drug-likeness (QED) is 0.604. The van der Waals surface area contributed by atoms with Crippen LogP contribution in [0.15, 0.2) is 29.2 Å². The Balaban J connectivity index is 2.88. The fraction of sp³-hybridized carbons (Fsp3) is 0.467. The molecule has 0 aromatic heterocycles. The number of sulfonamides is 1. The Morgan fingerprint density at radius 2 is 2.14 bits per heavy atom. The standard InChI is InChI=1S/C15H21NO4S/c1-16(10-6-12-20-2)21(18,19)15-9-5-8-14(13-15)7-3-4-11-17/h5,8-9,13,17H,4,6,10-12H2,1-2H3. The minimum absolute atomic E-state index is 0.00672. The van der Waals surface area contributed by atoms with Crippen molar-refractivity contribution in [3.05, 3.63) is 29.8 Å². The Morgan fingerprint density at radius 3 is 2.81 bits per heavy atom. The van der Waals surface area contributed by atoms with Gasteiger partial charge in [0.2, 0.25) is 10.0 Å². The van der Waals surface area contributed by atoms with Crippen molar-refractivity contribution in [1.82, 2.24) is 4.31 Å². The highest BCUT2D eigenvalue weighted by atomic mass is 32.2. The Morgan fingerprint density at radius 1 is 1.38 bits per heavy atom.